The lowest BCUT2D eigenvalue weighted by Gasteiger charge is -2.05. The molecule has 0 atom stereocenters. The molecule has 0 aliphatic carbocycles. The molecule has 0 aliphatic heterocycles. The van der Waals surface area contributed by atoms with Crippen molar-refractivity contribution in [2.24, 2.45) is 5.10 Å². The molecule has 2 heterocycles. The van der Waals surface area contributed by atoms with Crippen LogP contribution >= 0.6 is 15.9 Å². The number of aryl methyl sites for hydroxylation is 1. The molecule has 0 amide bonds. The monoisotopic (exact) mass is 370 g/mol. The minimum absolute atomic E-state index is 0.611. The van der Waals surface area contributed by atoms with Gasteiger partial charge in [0.2, 0.25) is 0 Å². The molecule has 7 heteroatoms. The SMILES string of the molecule is C/C(=N\Nc1cc(-n2cc(C)cn2)ncn1)c1ccc(Br)cc1. The first-order valence-corrected chi connectivity index (χ1v) is 7.81. The Hall–Kier alpha value is -2.54. The van der Waals surface area contributed by atoms with E-state index in [1.807, 2.05) is 44.3 Å². The molecule has 0 radical (unpaired) electrons. The van der Waals surface area contributed by atoms with Gasteiger partial charge < -0.3 is 0 Å². The van der Waals surface area contributed by atoms with Gasteiger partial charge in [0.15, 0.2) is 11.6 Å². The Bertz CT molecular complexity index is 838. The summed E-state index contributed by atoms with van der Waals surface area (Å²) in [6.45, 7) is 3.92. The number of halogens is 1. The topological polar surface area (TPSA) is 68.0 Å². The van der Waals surface area contributed by atoms with Gasteiger partial charge in [-0.25, -0.2) is 14.6 Å². The largest absolute Gasteiger partial charge is 0.261 e. The quantitative estimate of drug-likeness (QED) is 0.562. The molecule has 0 saturated carbocycles. The molecule has 1 N–H and O–H groups in total. The van der Waals surface area contributed by atoms with Crippen molar-refractivity contribution in [3.8, 4) is 5.82 Å². The van der Waals surface area contributed by atoms with Crippen molar-refractivity contribution in [1.29, 1.82) is 0 Å². The second kappa shape index (κ2) is 6.70. The second-order valence-corrected chi connectivity index (χ2v) is 5.96. The van der Waals surface area contributed by atoms with Gasteiger partial charge in [-0.1, -0.05) is 28.1 Å². The van der Waals surface area contributed by atoms with Crippen molar-refractivity contribution >= 4 is 27.5 Å². The van der Waals surface area contributed by atoms with Crippen LogP contribution in [-0.2, 0) is 0 Å². The number of anilines is 1. The molecule has 116 valence electrons. The van der Waals surface area contributed by atoms with Gasteiger partial charge in [-0.3, -0.25) is 5.43 Å². The summed E-state index contributed by atoms with van der Waals surface area (Å²) >= 11 is 3.42. The Balaban J connectivity index is 1.78. The minimum Gasteiger partial charge on any atom is -0.261 e. The van der Waals surface area contributed by atoms with Crippen LogP contribution in [0.25, 0.3) is 5.82 Å². The van der Waals surface area contributed by atoms with Gasteiger partial charge in [-0.15, -0.1) is 0 Å². The van der Waals surface area contributed by atoms with Crippen LogP contribution in [-0.4, -0.2) is 25.5 Å². The van der Waals surface area contributed by atoms with E-state index in [0.29, 0.717) is 11.6 Å². The third-order valence-electron chi connectivity index (χ3n) is 3.20. The number of nitrogens with one attached hydrogen (secondary N) is 1. The maximum absolute atomic E-state index is 4.37. The molecular weight excluding hydrogens is 356 g/mol. The summed E-state index contributed by atoms with van der Waals surface area (Å²) in [5.41, 5.74) is 5.94. The van der Waals surface area contributed by atoms with Crippen molar-refractivity contribution < 1.29 is 0 Å². The molecule has 6 nitrogen and oxygen atoms in total. The van der Waals surface area contributed by atoms with Crippen LogP contribution < -0.4 is 5.43 Å². The number of nitrogens with zero attached hydrogens (tertiary/aromatic N) is 5. The van der Waals surface area contributed by atoms with Gasteiger partial charge in [-0.05, 0) is 37.1 Å². The predicted molar refractivity (Wildman–Crippen MR) is 93.9 cm³/mol. The van der Waals surface area contributed by atoms with E-state index in [-0.39, 0.29) is 0 Å². The Morgan fingerprint density at radius 2 is 2.00 bits per heavy atom. The normalized spacial score (nSPS) is 11.5. The van der Waals surface area contributed by atoms with Crippen LogP contribution in [0.15, 0.2) is 58.6 Å². The molecule has 0 aliphatic rings. The number of hydrazone groups is 1. The fourth-order valence-corrected chi connectivity index (χ4v) is 2.23. The summed E-state index contributed by atoms with van der Waals surface area (Å²) in [4.78, 5) is 8.39. The zero-order valence-electron chi connectivity index (χ0n) is 12.7. The Kier molecular flexibility index (Phi) is 4.47. The fourth-order valence-electron chi connectivity index (χ4n) is 1.97. The highest BCUT2D eigenvalue weighted by molar-refractivity contribution is 9.10. The van der Waals surface area contributed by atoms with E-state index in [1.165, 1.54) is 6.33 Å². The van der Waals surface area contributed by atoms with Gasteiger partial charge in [-0.2, -0.15) is 10.2 Å². The zero-order chi connectivity index (χ0) is 16.2. The Morgan fingerprint density at radius 3 is 2.70 bits per heavy atom. The van der Waals surface area contributed by atoms with E-state index >= 15 is 0 Å². The van der Waals surface area contributed by atoms with Crippen LogP contribution in [0, 0.1) is 6.92 Å². The van der Waals surface area contributed by atoms with Gasteiger partial charge >= 0.3 is 0 Å². The second-order valence-electron chi connectivity index (χ2n) is 5.04. The first-order valence-electron chi connectivity index (χ1n) is 7.02. The van der Waals surface area contributed by atoms with E-state index in [0.717, 1.165) is 21.3 Å². The Labute approximate surface area is 142 Å². The van der Waals surface area contributed by atoms with Crippen molar-refractivity contribution in [1.82, 2.24) is 19.7 Å². The molecular formula is C16H15BrN6. The molecule has 2 aromatic heterocycles. The molecule has 0 spiro atoms. The van der Waals surface area contributed by atoms with Crippen LogP contribution in [0.1, 0.15) is 18.1 Å². The Morgan fingerprint density at radius 1 is 1.22 bits per heavy atom. The molecule has 3 aromatic rings. The van der Waals surface area contributed by atoms with Crippen molar-refractivity contribution in [2.75, 3.05) is 5.43 Å². The summed E-state index contributed by atoms with van der Waals surface area (Å²) in [5.74, 6) is 1.30. The average Bonchev–Trinajstić information content (AvgIpc) is 3.00. The van der Waals surface area contributed by atoms with Gasteiger partial charge in [0.05, 0.1) is 11.9 Å². The number of hydrogen-bond donors (Lipinski definition) is 1. The van der Waals surface area contributed by atoms with Crippen molar-refractivity contribution in [3.63, 3.8) is 0 Å². The highest BCUT2D eigenvalue weighted by atomic mass is 79.9. The molecule has 0 saturated heterocycles. The van der Waals surface area contributed by atoms with Gasteiger partial charge in [0.25, 0.3) is 0 Å². The lowest BCUT2D eigenvalue weighted by Crippen LogP contribution is -2.03. The maximum Gasteiger partial charge on any atom is 0.158 e. The number of rotatable bonds is 4. The first kappa shape index (κ1) is 15.4. The van der Waals surface area contributed by atoms with Crippen LogP contribution in [0.3, 0.4) is 0 Å². The lowest BCUT2D eigenvalue weighted by atomic mass is 10.1. The summed E-state index contributed by atoms with van der Waals surface area (Å²) in [5, 5.41) is 8.60. The minimum atomic E-state index is 0.611. The van der Waals surface area contributed by atoms with Gasteiger partial charge in [0.1, 0.15) is 6.33 Å². The zero-order valence-corrected chi connectivity index (χ0v) is 14.3. The molecule has 0 unspecified atom stereocenters. The fraction of sp³-hybridized carbons (Fsp3) is 0.125. The predicted octanol–water partition coefficient (Wildman–Crippen LogP) is 3.57. The molecule has 3 rings (SSSR count). The third-order valence-corrected chi connectivity index (χ3v) is 3.73. The van der Waals surface area contributed by atoms with Crippen molar-refractivity contribution in [3.05, 3.63) is 64.7 Å². The van der Waals surface area contributed by atoms with E-state index in [4.69, 9.17) is 0 Å². The molecule has 0 fully saturated rings. The number of aromatic nitrogens is 4. The summed E-state index contributed by atoms with van der Waals surface area (Å²) in [6.07, 6.45) is 5.17. The lowest BCUT2D eigenvalue weighted by molar-refractivity contribution is 0.839. The molecule has 1 aromatic carbocycles. The van der Waals surface area contributed by atoms with Gasteiger partial charge in [0, 0.05) is 16.7 Å². The highest BCUT2D eigenvalue weighted by Crippen LogP contribution is 2.12. The van der Waals surface area contributed by atoms with Crippen LogP contribution in [0.4, 0.5) is 5.82 Å². The molecule has 23 heavy (non-hydrogen) atoms. The van der Waals surface area contributed by atoms with Crippen molar-refractivity contribution in [2.45, 2.75) is 13.8 Å². The van der Waals surface area contributed by atoms with E-state index in [2.05, 4.69) is 41.5 Å². The smallest absolute Gasteiger partial charge is 0.158 e. The van der Waals surface area contributed by atoms with Crippen LogP contribution in [0.5, 0.6) is 0 Å². The number of benzene rings is 1. The van der Waals surface area contributed by atoms with E-state index < -0.39 is 0 Å². The summed E-state index contributed by atoms with van der Waals surface area (Å²) in [7, 11) is 0. The maximum atomic E-state index is 4.37. The standard InChI is InChI=1S/C16H15BrN6/c1-11-8-20-23(9-11)16-7-15(18-10-19-16)22-21-12(2)13-3-5-14(17)6-4-13/h3-10H,1-2H3,(H,18,19,22)/b21-12+. The first-order chi connectivity index (χ1) is 11.1. The third kappa shape index (κ3) is 3.81. The van der Waals surface area contributed by atoms with E-state index in [9.17, 15) is 0 Å². The number of hydrogen-bond acceptors (Lipinski definition) is 5. The van der Waals surface area contributed by atoms with E-state index in [1.54, 1.807) is 16.9 Å². The summed E-state index contributed by atoms with van der Waals surface area (Å²) < 4.78 is 2.74. The average molecular weight is 371 g/mol. The van der Waals surface area contributed by atoms with Crippen LogP contribution in [0.2, 0.25) is 0 Å². The highest BCUT2D eigenvalue weighted by Gasteiger charge is 2.03. The molecule has 0 bridgehead atoms. The summed E-state index contributed by atoms with van der Waals surface area (Å²) in [6, 6.07) is 9.77.